The number of imide groups is 3. The fourth-order valence-electron chi connectivity index (χ4n) is 4.83. The Morgan fingerprint density at radius 1 is 1.00 bits per heavy atom. The smallest absolute Gasteiger partial charge is 0.269 e. The Kier molecular flexibility index (Phi) is 13.4. The predicted octanol–water partition coefficient (Wildman–Crippen LogP) is 2.17. The third kappa shape index (κ3) is 9.95. The number of nitro benzene ring substituents is 1. The lowest BCUT2D eigenvalue weighted by atomic mass is 9.83. The molecule has 12 heteroatoms. The van der Waals surface area contributed by atoms with Crippen molar-refractivity contribution >= 4 is 29.1 Å². The van der Waals surface area contributed by atoms with Crippen LogP contribution in [0.15, 0.2) is 24.3 Å². The summed E-state index contributed by atoms with van der Waals surface area (Å²) in [5.74, 6) is -2.24. The van der Waals surface area contributed by atoms with Crippen LogP contribution >= 0.6 is 0 Å². The van der Waals surface area contributed by atoms with Gasteiger partial charge in [-0.3, -0.25) is 24.5 Å². The van der Waals surface area contributed by atoms with Crippen molar-refractivity contribution in [1.82, 2.24) is 4.90 Å². The van der Waals surface area contributed by atoms with E-state index in [0.29, 0.717) is 74.9 Å². The van der Waals surface area contributed by atoms with Gasteiger partial charge >= 0.3 is 0 Å². The molecule has 1 aliphatic carbocycles. The Balaban J connectivity index is 2.31. The molecular weight excluding hydrogens is 504 g/mol. The molecule has 1 fully saturated rings. The number of unbranched alkanes of at least 4 members (excludes halogenated alkanes) is 2. The summed E-state index contributed by atoms with van der Waals surface area (Å²) in [4.78, 5) is 52.0. The molecule has 12 nitrogen and oxygen atoms in total. The number of carbonyl (C=O) groups is 3. The lowest BCUT2D eigenvalue weighted by molar-refractivity contribution is -0.384. The summed E-state index contributed by atoms with van der Waals surface area (Å²) in [5.41, 5.74) is 18.4. The number of hydrogen-bond acceptors (Lipinski definition) is 10. The number of carbonyl (C=O) groups excluding carboxylic acids is 3. The molecule has 218 valence electrons. The Bertz CT molecular complexity index is 951. The minimum absolute atomic E-state index is 0.103. The number of nitrogens with one attached hydrogen (secondary N) is 1. The number of benzene rings is 1. The van der Waals surface area contributed by atoms with Crippen molar-refractivity contribution in [3.63, 3.8) is 0 Å². The van der Waals surface area contributed by atoms with Crippen LogP contribution in [-0.2, 0) is 14.4 Å². The van der Waals surface area contributed by atoms with Gasteiger partial charge < -0.3 is 27.6 Å². The van der Waals surface area contributed by atoms with Crippen LogP contribution in [0.4, 0.5) is 11.4 Å². The summed E-state index contributed by atoms with van der Waals surface area (Å²) in [7, 11) is 0. The molecule has 0 unspecified atom stereocenters. The lowest BCUT2D eigenvalue weighted by Gasteiger charge is -2.31. The molecule has 1 saturated carbocycles. The van der Waals surface area contributed by atoms with E-state index >= 15 is 0 Å². The minimum Gasteiger partial charge on any atom is -0.393 e. The van der Waals surface area contributed by atoms with E-state index in [9.17, 15) is 29.6 Å². The number of amides is 3. The van der Waals surface area contributed by atoms with E-state index in [2.05, 4.69) is 5.32 Å². The van der Waals surface area contributed by atoms with Gasteiger partial charge in [0.15, 0.2) is 0 Å². The average Bonchev–Trinajstić information content (AvgIpc) is 2.92. The highest BCUT2D eigenvalue weighted by atomic mass is 16.6. The largest absolute Gasteiger partial charge is 0.393 e. The van der Waals surface area contributed by atoms with Crippen molar-refractivity contribution in [3.8, 4) is 0 Å². The lowest BCUT2D eigenvalue weighted by Crippen LogP contribution is -2.58. The quantitative estimate of drug-likeness (QED) is 0.122. The van der Waals surface area contributed by atoms with Crippen LogP contribution in [-0.4, -0.2) is 63.4 Å². The van der Waals surface area contributed by atoms with Crippen LogP contribution in [0.2, 0.25) is 0 Å². The highest BCUT2D eigenvalue weighted by Crippen LogP contribution is 2.28. The van der Waals surface area contributed by atoms with Crippen LogP contribution in [0.1, 0.15) is 77.6 Å². The summed E-state index contributed by atoms with van der Waals surface area (Å²) in [6, 6.07) is 2.42. The molecule has 0 saturated heterocycles. The van der Waals surface area contributed by atoms with Crippen molar-refractivity contribution in [1.29, 1.82) is 0 Å². The van der Waals surface area contributed by atoms with E-state index in [0.717, 1.165) is 6.42 Å². The number of nitrogens with two attached hydrogens (primary N) is 3. The van der Waals surface area contributed by atoms with Crippen LogP contribution in [0.5, 0.6) is 0 Å². The number of aliphatic hydroxyl groups excluding tert-OH is 1. The molecule has 2 rings (SSSR count). The Morgan fingerprint density at radius 3 is 2.18 bits per heavy atom. The normalized spacial score (nSPS) is 19.5. The Morgan fingerprint density at radius 2 is 1.62 bits per heavy atom. The average molecular weight is 549 g/mol. The fourth-order valence-corrected chi connectivity index (χ4v) is 4.83. The molecule has 0 radical (unpaired) electrons. The molecular formula is C27H44N6O6. The Hall–Kier alpha value is -2.93. The molecule has 3 amide bonds. The van der Waals surface area contributed by atoms with E-state index in [1.54, 1.807) is 0 Å². The maximum atomic E-state index is 13.9. The molecule has 0 aromatic heterocycles. The standard InChI is InChI=1S/C27H44N6O6/c1-2-3-6-22(29)25(35)32(26(36)23(30)17-18-8-14-21(34)15-9-18)27(37)24(7-4-5-16-28)31-19-10-12-20(13-11-19)33(38)39/h10-13,18,21-24,31,34H,2-9,14-17,28-30H2,1H3/t18?,21?,22-,23+,24+/m1/s1. The van der Waals surface area contributed by atoms with Crippen LogP contribution in [0, 0.1) is 16.0 Å². The zero-order valence-electron chi connectivity index (χ0n) is 22.8. The van der Waals surface area contributed by atoms with Gasteiger partial charge in [0.2, 0.25) is 0 Å². The maximum Gasteiger partial charge on any atom is 0.269 e. The number of aliphatic hydroxyl groups is 1. The van der Waals surface area contributed by atoms with Gasteiger partial charge in [-0.15, -0.1) is 0 Å². The summed E-state index contributed by atoms with van der Waals surface area (Å²) >= 11 is 0. The van der Waals surface area contributed by atoms with E-state index in [1.165, 1.54) is 24.3 Å². The highest BCUT2D eigenvalue weighted by Gasteiger charge is 2.39. The maximum absolute atomic E-state index is 13.9. The second-order valence-electron chi connectivity index (χ2n) is 10.4. The molecule has 0 spiro atoms. The van der Waals surface area contributed by atoms with E-state index < -0.39 is 40.8 Å². The summed E-state index contributed by atoms with van der Waals surface area (Å²) in [6.07, 6.45) is 5.80. The van der Waals surface area contributed by atoms with E-state index in [-0.39, 0.29) is 24.1 Å². The van der Waals surface area contributed by atoms with Gasteiger partial charge in [-0.2, -0.15) is 0 Å². The van der Waals surface area contributed by atoms with Crippen molar-refractivity contribution in [2.75, 3.05) is 11.9 Å². The molecule has 1 aromatic carbocycles. The van der Waals surface area contributed by atoms with Gasteiger partial charge in [-0.05, 0) is 82.4 Å². The molecule has 0 heterocycles. The predicted molar refractivity (Wildman–Crippen MR) is 148 cm³/mol. The molecule has 0 bridgehead atoms. The number of hydrogen-bond donors (Lipinski definition) is 5. The van der Waals surface area contributed by atoms with Gasteiger partial charge in [0.1, 0.15) is 6.04 Å². The van der Waals surface area contributed by atoms with E-state index in [4.69, 9.17) is 17.2 Å². The van der Waals surface area contributed by atoms with Crippen molar-refractivity contribution in [3.05, 3.63) is 34.4 Å². The molecule has 39 heavy (non-hydrogen) atoms. The first-order valence-corrected chi connectivity index (χ1v) is 13.9. The SMILES string of the molecule is CCCC[C@@H](N)C(=O)N(C(=O)[C@H](CCCCN)Nc1ccc([N+](=O)[O-])cc1)C(=O)[C@@H](N)CC1CCC(O)CC1. The van der Waals surface area contributed by atoms with Crippen LogP contribution < -0.4 is 22.5 Å². The van der Waals surface area contributed by atoms with Gasteiger partial charge in [0, 0.05) is 17.8 Å². The van der Waals surface area contributed by atoms with Crippen LogP contribution in [0.3, 0.4) is 0 Å². The zero-order chi connectivity index (χ0) is 28.9. The Labute approximate surface area is 229 Å². The molecule has 3 atom stereocenters. The minimum atomic E-state index is -1.08. The number of non-ortho nitro benzene ring substituents is 1. The summed E-state index contributed by atoms with van der Waals surface area (Å²) < 4.78 is 0. The van der Waals surface area contributed by atoms with Crippen molar-refractivity contribution in [2.45, 2.75) is 102 Å². The van der Waals surface area contributed by atoms with Crippen molar-refractivity contribution < 1.29 is 24.4 Å². The molecule has 1 aliphatic rings. The fraction of sp³-hybridized carbons (Fsp3) is 0.667. The zero-order valence-corrected chi connectivity index (χ0v) is 22.8. The second kappa shape index (κ2) is 16.2. The number of nitrogens with zero attached hydrogens (tertiary/aromatic N) is 2. The number of nitro groups is 1. The summed E-state index contributed by atoms with van der Waals surface area (Å²) in [5, 5.41) is 23.8. The summed E-state index contributed by atoms with van der Waals surface area (Å²) in [6.45, 7) is 2.35. The first kappa shape index (κ1) is 32.3. The van der Waals surface area contributed by atoms with Gasteiger partial charge in [0.25, 0.3) is 23.4 Å². The first-order chi connectivity index (χ1) is 18.6. The molecule has 1 aromatic rings. The third-order valence-electron chi connectivity index (χ3n) is 7.23. The van der Waals surface area contributed by atoms with Gasteiger partial charge in [-0.25, -0.2) is 4.90 Å². The molecule has 8 N–H and O–H groups in total. The molecule has 0 aliphatic heterocycles. The monoisotopic (exact) mass is 548 g/mol. The van der Waals surface area contributed by atoms with E-state index in [1.807, 2.05) is 6.92 Å². The first-order valence-electron chi connectivity index (χ1n) is 13.9. The number of rotatable bonds is 15. The van der Waals surface area contributed by atoms with Gasteiger partial charge in [0.05, 0.1) is 23.1 Å². The van der Waals surface area contributed by atoms with Crippen molar-refractivity contribution in [2.24, 2.45) is 23.1 Å². The highest BCUT2D eigenvalue weighted by molar-refractivity contribution is 6.15. The third-order valence-corrected chi connectivity index (χ3v) is 7.23. The second-order valence-corrected chi connectivity index (χ2v) is 10.4. The van der Waals surface area contributed by atoms with Gasteiger partial charge in [-0.1, -0.05) is 19.8 Å². The van der Waals surface area contributed by atoms with Crippen LogP contribution in [0.25, 0.3) is 0 Å². The number of anilines is 1. The topological polar surface area (TPSA) is 208 Å².